The van der Waals surface area contributed by atoms with E-state index in [1.54, 1.807) is 24.3 Å². The van der Waals surface area contributed by atoms with Crippen molar-refractivity contribution in [2.75, 3.05) is 20.8 Å². The van der Waals surface area contributed by atoms with Gasteiger partial charge in [0.2, 0.25) is 0 Å². The van der Waals surface area contributed by atoms with Crippen LogP contribution in [0.1, 0.15) is 16.8 Å². The van der Waals surface area contributed by atoms with E-state index in [9.17, 15) is 9.59 Å². The lowest BCUT2D eigenvalue weighted by molar-refractivity contribution is -0.140. The number of nitrogens with one attached hydrogen (secondary N) is 1. The fraction of sp³-hybridized carbons (Fsp3) is 0.385. The van der Waals surface area contributed by atoms with Crippen LogP contribution in [-0.2, 0) is 9.53 Å². The number of nitrogens with two attached hydrogens (primary N) is 1. The molecule has 6 nitrogen and oxygen atoms in total. The van der Waals surface area contributed by atoms with E-state index >= 15 is 0 Å². The minimum Gasteiger partial charge on any atom is -0.496 e. The zero-order valence-electron chi connectivity index (χ0n) is 11.0. The topological polar surface area (TPSA) is 90.6 Å². The molecule has 0 aromatic heterocycles. The normalized spacial score (nSPS) is 11.5. The van der Waals surface area contributed by atoms with Crippen LogP contribution >= 0.6 is 0 Å². The predicted octanol–water partition coefficient (Wildman–Crippen LogP) is 0.315. The minimum absolute atomic E-state index is 0.0582. The molecule has 0 aliphatic carbocycles. The maximum Gasteiger partial charge on any atom is 0.307 e. The van der Waals surface area contributed by atoms with Crippen LogP contribution < -0.4 is 15.8 Å². The van der Waals surface area contributed by atoms with Crippen molar-refractivity contribution in [1.29, 1.82) is 0 Å². The van der Waals surface area contributed by atoms with Gasteiger partial charge in [-0.2, -0.15) is 0 Å². The lowest BCUT2D eigenvalue weighted by Crippen LogP contribution is -2.38. The van der Waals surface area contributed by atoms with Crippen molar-refractivity contribution in [1.82, 2.24) is 5.32 Å². The smallest absolute Gasteiger partial charge is 0.307 e. The molecule has 0 radical (unpaired) electrons. The van der Waals surface area contributed by atoms with Gasteiger partial charge in [-0.3, -0.25) is 9.59 Å². The Hall–Kier alpha value is -2.08. The zero-order chi connectivity index (χ0) is 14.3. The lowest BCUT2D eigenvalue weighted by atomic mass is 10.1. The maximum atomic E-state index is 11.9. The first-order chi connectivity index (χ1) is 9.08. The number of carbonyl (C=O) groups excluding carboxylic acids is 2. The summed E-state index contributed by atoms with van der Waals surface area (Å²) in [6.45, 7) is 0.186. The van der Waals surface area contributed by atoms with E-state index in [0.717, 1.165) is 0 Å². The van der Waals surface area contributed by atoms with E-state index in [1.165, 1.54) is 14.2 Å². The van der Waals surface area contributed by atoms with Gasteiger partial charge < -0.3 is 20.5 Å². The number of para-hydroxylation sites is 1. The second-order valence-electron chi connectivity index (χ2n) is 3.95. The molecule has 1 rings (SSSR count). The fourth-order valence-corrected chi connectivity index (χ4v) is 1.52. The number of benzene rings is 1. The molecule has 0 bridgehead atoms. The van der Waals surface area contributed by atoms with Crippen molar-refractivity contribution in [2.45, 2.75) is 12.5 Å². The van der Waals surface area contributed by atoms with Gasteiger partial charge in [-0.25, -0.2) is 0 Å². The number of amides is 1. The van der Waals surface area contributed by atoms with Crippen molar-refractivity contribution in [3.05, 3.63) is 29.8 Å². The SMILES string of the molecule is COC(=O)CC(N)CNC(=O)c1ccccc1OC. The first-order valence-corrected chi connectivity index (χ1v) is 5.82. The van der Waals surface area contributed by atoms with E-state index < -0.39 is 12.0 Å². The summed E-state index contributed by atoms with van der Waals surface area (Å²) < 4.78 is 9.59. The molecular formula is C13H18N2O4. The molecule has 0 saturated heterocycles. The maximum absolute atomic E-state index is 11.9. The number of methoxy groups -OCH3 is 2. The summed E-state index contributed by atoms with van der Waals surface area (Å²) in [5.74, 6) is -0.210. The molecule has 1 amide bonds. The van der Waals surface area contributed by atoms with Crippen LogP contribution in [0.4, 0.5) is 0 Å². The van der Waals surface area contributed by atoms with Crippen LogP contribution in [0.5, 0.6) is 5.75 Å². The summed E-state index contributed by atoms with van der Waals surface area (Å²) in [7, 11) is 2.79. The molecule has 0 spiro atoms. The summed E-state index contributed by atoms with van der Waals surface area (Å²) in [6, 6.07) is 6.39. The quantitative estimate of drug-likeness (QED) is 0.723. The highest BCUT2D eigenvalue weighted by Crippen LogP contribution is 2.16. The fourth-order valence-electron chi connectivity index (χ4n) is 1.52. The summed E-state index contributed by atoms with van der Waals surface area (Å²) in [5.41, 5.74) is 6.13. The third-order valence-corrected chi connectivity index (χ3v) is 2.53. The van der Waals surface area contributed by atoms with Gasteiger partial charge in [-0.1, -0.05) is 12.1 Å². The number of ether oxygens (including phenoxy) is 2. The molecule has 1 aromatic carbocycles. The molecule has 3 N–H and O–H groups in total. The van der Waals surface area contributed by atoms with Gasteiger partial charge in [0, 0.05) is 12.6 Å². The average molecular weight is 266 g/mol. The van der Waals surface area contributed by atoms with Gasteiger partial charge in [-0.05, 0) is 12.1 Å². The molecule has 1 unspecified atom stereocenters. The average Bonchev–Trinajstić information content (AvgIpc) is 2.44. The van der Waals surface area contributed by atoms with Crippen LogP contribution in [0.2, 0.25) is 0 Å². The highest BCUT2D eigenvalue weighted by atomic mass is 16.5. The molecule has 0 fully saturated rings. The highest BCUT2D eigenvalue weighted by Gasteiger charge is 2.14. The second-order valence-corrected chi connectivity index (χ2v) is 3.95. The van der Waals surface area contributed by atoms with E-state index in [-0.39, 0.29) is 18.9 Å². The molecule has 0 aliphatic rings. The molecule has 0 heterocycles. The Morgan fingerprint density at radius 3 is 2.63 bits per heavy atom. The first kappa shape index (κ1) is 15.0. The van der Waals surface area contributed by atoms with E-state index in [2.05, 4.69) is 10.1 Å². The molecule has 1 atom stereocenters. The number of rotatable bonds is 6. The van der Waals surface area contributed by atoms with Gasteiger partial charge in [0.1, 0.15) is 5.75 Å². The van der Waals surface area contributed by atoms with Gasteiger partial charge >= 0.3 is 5.97 Å². The van der Waals surface area contributed by atoms with Gasteiger partial charge in [-0.15, -0.1) is 0 Å². The van der Waals surface area contributed by atoms with Crippen LogP contribution in [-0.4, -0.2) is 38.7 Å². The Balaban J connectivity index is 2.53. The van der Waals surface area contributed by atoms with E-state index in [4.69, 9.17) is 10.5 Å². The third-order valence-electron chi connectivity index (χ3n) is 2.53. The monoisotopic (exact) mass is 266 g/mol. The number of hydrogen-bond donors (Lipinski definition) is 2. The van der Waals surface area contributed by atoms with Gasteiger partial charge in [0.05, 0.1) is 26.2 Å². The number of carbonyl (C=O) groups is 2. The minimum atomic E-state index is -0.480. The molecule has 104 valence electrons. The first-order valence-electron chi connectivity index (χ1n) is 5.82. The van der Waals surface area contributed by atoms with Gasteiger partial charge in [0.25, 0.3) is 5.91 Å². The second kappa shape index (κ2) is 7.38. The third kappa shape index (κ3) is 4.59. The van der Waals surface area contributed by atoms with Crippen LogP contribution in [0, 0.1) is 0 Å². The molecule has 19 heavy (non-hydrogen) atoms. The van der Waals surface area contributed by atoms with E-state index in [1.807, 2.05) is 0 Å². The summed E-state index contributed by atoms with van der Waals surface area (Å²) >= 11 is 0. The van der Waals surface area contributed by atoms with Crippen molar-refractivity contribution >= 4 is 11.9 Å². The van der Waals surface area contributed by atoms with Crippen molar-refractivity contribution < 1.29 is 19.1 Å². The largest absolute Gasteiger partial charge is 0.496 e. The summed E-state index contributed by atoms with van der Waals surface area (Å²) in [4.78, 5) is 22.9. The van der Waals surface area contributed by atoms with E-state index in [0.29, 0.717) is 11.3 Å². The molecule has 0 saturated carbocycles. The predicted molar refractivity (Wildman–Crippen MR) is 69.9 cm³/mol. The number of esters is 1. The molecule has 1 aromatic rings. The molecular weight excluding hydrogens is 248 g/mol. The summed E-state index contributed by atoms with van der Waals surface area (Å²) in [5, 5.41) is 2.65. The van der Waals surface area contributed by atoms with Gasteiger partial charge in [0.15, 0.2) is 0 Å². The summed E-state index contributed by atoms with van der Waals surface area (Å²) in [6.07, 6.45) is 0.0582. The standard InChI is InChI=1S/C13H18N2O4/c1-18-11-6-4-3-5-10(11)13(17)15-8-9(14)7-12(16)19-2/h3-6,9H,7-8,14H2,1-2H3,(H,15,17). The number of hydrogen-bond acceptors (Lipinski definition) is 5. The van der Waals surface area contributed by atoms with Crippen molar-refractivity contribution in [3.8, 4) is 5.75 Å². The Bertz CT molecular complexity index is 448. The van der Waals surface area contributed by atoms with Crippen molar-refractivity contribution in [3.63, 3.8) is 0 Å². The van der Waals surface area contributed by atoms with Crippen LogP contribution in [0.15, 0.2) is 24.3 Å². The Kier molecular flexibility index (Phi) is 5.81. The Morgan fingerprint density at radius 2 is 2.00 bits per heavy atom. The lowest BCUT2D eigenvalue weighted by Gasteiger charge is -2.13. The Labute approximate surface area is 111 Å². The Morgan fingerprint density at radius 1 is 1.32 bits per heavy atom. The highest BCUT2D eigenvalue weighted by molar-refractivity contribution is 5.96. The van der Waals surface area contributed by atoms with Crippen molar-refractivity contribution in [2.24, 2.45) is 5.73 Å². The molecule has 0 aliphatic heterocycles. The zero-order valence-corrected chi connectivity index (χ0v) is 11.0. The van der Waals surface area contributed by atoms with Crippen LogP contribution in [0.3, 0.4) is 0 Å². The molecule has 6 heteroatoms. The van der Waals surface area contributed by atoms with Crippen LogP contribution in [0.25, 0.3) is 0 Å².